The number of rotatable bonds is 7. The number of nitrogens with zero attached hydrogens (tertiary/aromatic N) is 5. The Labute approximate surface area is 378 Å². The first-order chi connectivity index (χ1) is 32.6. The van der Waals surface area contributed by atoms with Crippen molar-refractivity contribution < 1.29 is 8.78 Å². The summed E-state index contributed by atoms with van der Waals surface area (Å²) in [6, 6.07) is 66.8. The van der Waals surface area contributed by atoms with Crippen molar-refractivity contribution in [3.05, 3.63) is 230 Å². The van der Waals surface area contributed by atoms with Gasteiger partial charge in [-0.25, -0.2) is 8.78 Å². The maximum atomic E-state index is 16.5. The molecule has 0 aliphatic carbocycles. The first-order valence-electron chi connectivity index (χ1n) is 21.7. The highest BCUT2D eigenvalue weighted by atomic mass is 19.1. The summed E-state index contributed by atoms with van der Waals surface area (Å²) in [7, 11) is 0. The monoisotopic (exact) mass is 851 g/mol. The highest BCUT2D eigenvalue weighted by Crippen LogP contribution is 2.44. The molecule has 4 heterocycles. The molecule has 0 fully saturated rings. The molecule has 12 aromatic rings. The third kappa shape index (κ3) is 6.19. The van der Waals surface area contributed by atoms with Crippen LogP contribution in [0.4, 0.5) is 8.78 Å². The first-order valence-corrected chi connectivity index (χ1v) is 21.7. The second-order valence-electron chi connectivity index (χ2n) is 16.3. The molecule has 0 aliphatic rings. The second kappa shape index (κ2) is 15.7. The zero-order valence-electron chi connectivity index (χ0n) is 35.2. The number of para-hydroxylation sites is 2. The molecule has 12 rings (SSSR count). The van der Waals surface area contributed by atoms with Gasteiger partial charge in [-0.15, -0.1) is 0 Å². The highest BCUT2D eigenvalue weighted by Gasteiger charge is 2.25. The van der Waals surface area contributed by atoms with Gasteiger partial charge in [-0.1, -0.05) is 140 Å². The topological polar surface area (TPSA) is 59.4 Å². The van der Waals surface area contributed by atoms with Crippen molar-refractivity contribution in [3.8, 4) is 73.3 Å². The summed E-state index contributed by atoms with van der Waals surface area (Å²) in [6.07, 6.45) is 3.59. The summed E-state index contributed by atoms with van der Waals surface area (Å²) in [5.41, 5.74) is 12.0. The second-order valence-corrected chi connectivity index (χ2v) is 16.3. The minimum Gasteiger partial charge on any atom is -0.309 e. The molecular formula is C59H35F2N5. The largest absolute Gasteiger partial charge is 0.309 e. The van der Waals surface area contributed by atoms with E-state index in [9.17, 15) is 5.26 Å². The lowest BCUT2D eigenvalue weighted by Crippen LogP contribution is -2.05. The van der Waals surface area contributed by atoms with Gasteiger partial charge in [0.1, 0.15) is 17.7 Å². The predicted molar refractivity (Wildman–Crippen MR) is 263 cm³/mol. The van der Waals surface area contributed by atoms with Gasteiger partial charge in [0.2, 0.25) is 0 Å². The zero-order valence-corrected chi connectivity index (χ0v) is 35.2. The molecule has 0 saturated heterocycles. The quantitative estimate of drug-likeness (QED) is 0.160. The lowest BCUT2D eigenvalue weighted by atomic mass is 9.97. The van der Waals surface area contributed by atoms with Crippen molar-refractivity contribution in [1.29, 1.82) is 5.26 Å². The molecule has 7 heteroatoms. The van der Waals surface area contributed by atoms with Crippen LogP contribution in [-0.2, 0) is 0 Å². The van der Waals surface area contributed by atoms with Crippen LogP contribution in [0.1, 0.15) is 5.56 Å². The lowest BCUT2D eigenvalue weighted by molar-refractivity contribution is 0.589. The molecule has 0 amide bonds. The molecule has 8 aromatic carbocycles. The van der Waals surface area contributed by atoms with E-state index in [2.05, 4.69) is 71.3 Å². The van der Waals surface area contributed by atoms with Gasteiger partial charge >= 0.3 is 0 Å². The van der Waals surface area contributed by atoms with Crippen LogP contribution in [0.5, 0.6) is 0 Å². The maximum Gasteiger partial charge on any atom is 0.134 e. The highest BCUT2D eigenvalue weighted by molar-refractivity contribution is 6.12. The van der Waals surface area contributed by atoms with Crippen LogP contribution >= 0.6 is 0 Å². The van der Waals surface area contributed by atoms with Crippen LogP contribution in [-0.4, -0.2) is 19.1 Å². The third-order valence-electron chi connectivity index (χ3n) is 12.6. The van der Waals surface area contributed by atoms with E-state index in [-0.39, 0.29) is 5.56 Å². The summed E-state index contributed by atoms with van der Waals surface area (Å²) in [5, 5.41) is 15.1. The molecule has 0 N–H and O–H groups in total. The average Bonchev–Trinajstić information content (AvgIpc) is 3.88. The van der Waals surface area contributed by atoms with Gasteiger partial charge in [-0.05, 0) is 71.8 Å². The fraction of sp³-hybridized carbons (Fsp3) is 0. The summed E-state index contributed by atoms with van der Waals surface area (Å²) >= 11 is 0. The van der Waals surface area contributed by atoms with Crippen molar-refractivity contribution in [2.45, 2.75) is 0 Å². The Morgan fingerprint density at radius 2 is 0.848 bits per heavy atom. The molecule has 0 unspecified atom stereocenters. The van der Waals surface area contributed by atoms with E-state index >= 15 is 8.78 Å². The third-order valence-corrected chi connectivity index (χ3v) is 12.6. The fourth-order valence-corrected chi connectivity index (χ4v) is 9.72. The average molecular weight is 852 g/mol. The summed E-state index contributed by atoms with van der Waals surface area (Å²) in [4.78, 5) is 9.62. The number of aromatic nitrogens is 4. The molecule has 0 atom stereocenters. The van der Waals surface area contributed by atoms with Crippen molar-refractivity contribution in [3.63, 3.8) is 0 Å². The van der Waals surface area contributed by atoms with Crippen LogP contribution in [0.2, 0.25) is 0 Å². The summed E-state index contributed by atoms with van der Waals surface area (Å²) < 4.78 is 37.1. The Balaban J connectivity index is 1.15. The molecule has 0 bridgehead atoms. The van der Waals surface area contributed by atoms with E-state index in [1.165, 1.54) is 18.2 Å². The van der Waals surface area contributed by atoms with Crippen LogP contribution in [0.15, 0.2) is 213 Å². The molecule has 0 radical (unpaired) electrons. The number of hydrogen-bond acceptors (Lipinski definition) is 3. The van der Waals surface area contributed by atoms with Gasteiger partial charge in [0.05, 0.1) is 56.0 Å². The fourth-order valence-electron chi connectivity index (χ4n) is 9.72. The van der Waals surface area contributed by atoms with Crippen molar-refractivity contribution >= 4 is 43.6 Å². The number of pyridine rings is 2. The van der Waals surface area contributed by atoms with E-state index in [1.807, 2.05) is 114 Å². The molecule has 0 aliphatic heterocycles. The number of nitriles is 1. The molecule has 66 heavy (non-hydrogen) atoms. The van der Waals surface area contributed by atoms with Crippen LogP contribution in [0.25, 0.3) is 111 Å². The van der Waals surface area contributed by atoms with Crippen molar-refractivity contribution in [1.82, 2.24) is 19.1 Å². The summed E-state index contributed by atoms with van der Waals surface area (Å²) in [6.45, 7) is 0. The van der Waals surface area contributed by atoms with Crippen molar-refractivity contribution in [2.75, 3.05) is 0 Å². The summed E-state index contributed by atoms with van der Waals surface area (Å²) in [5.74, 6) is -1.43. The van der Waals surface area contributed by atoms with Gasteiger partial charge in [0.15, 0.2) is 0 Å². The Hall–Kier alpha value is -8.99. The molecule has 310 valence electrons. The Kier molecular flexibility index (Phi) is 9.18. The zero-order chi connectivity index (χ0) is 44.3. The molecule has 5 nitrogen and oxygen atoms in total. The molecule has 0 saturated carbocycles. The van der Waals surface area contributed by atoms with Crippen LogP contribution in [0, 0.1) is 23.0 Å². The number of hydrogen-bond donors (Lipinski definition) is 0. The first kappa shape index (κ1) is 38.7. The van der Waals surface area contributed by atoms with Crippen LogP contribution < -0.4 is 0 Å². The standard InChI is InChI=1S/C59H35F2N5/c60-49-22-11-23-50(61)57(49)48-35-53(65-51-24-9-7-18-44(51)46-28-26-39(32-54(46)65)42-20-12-30-63-58(42)37-14-3-1-4-15-37)41(36-62)34-56(48)66-52-25-10-8-19-45(52)47-29-27-40(33-55(47)66)43-21-13-31-64-59(43)38-16-5-2-6-17-38/h1-35H. The Bertz CT molecular complexity index is 3900. The van der Waals surface area contributed by atoms with Gasteiger partial charge in [0, 0.05) is 61.8 Å². The van der Waals surface area contributed by atoms with Gasteiger partial charge < -0.3 is 9.13 Å². The van der Waals surface area contributed by atoms with E-state index in [1.54, 1.807) is 24.5 Å². The Morgan fingerprint density at radius 3 is 1.36 bits per heavy atom. The van der Waals surface area contributed by atoms with Crippen molar-refractivity contribution in [2.24, 2.45) is 0 Å². The Morgan fingerprint density at radius 1 is 0.379 bits per heavy atom. The normalized spacial score (nSPS) is 11.5. The minimum absolute atomic E-state index is 0.191. The minimum atomic E-state index is -0.717. The van der Waals surface area contributed by atoms with E-state index in [0.29, 0.717) is 22.5 Å². The van der Waals surface area contributed by atoms with E-state index < -0.39 is 11.6 Å². The van der Waals surface area contributed by atoms with E-state index in [0.717, 1.165) is 88.4 Å². The predicted octanol–water partition coefficient (Wildman–Crippen LogP) is 15.2. The van der Waals surface area contributed by atoms with E-state index in [4.69, 9.17) is 9.97 Å². The number of fused-ring (bicyclic) bond motifs is 6. The molecule has 4 aromatic heterocycles. The number of halogens is 2. The molecular weight excluding hydrogens is 817 g/mol. The molecule has 0 spiro atoms. The van der Waals surface area contributed by atoms with Gasteiger partial charge in [-0.2, -0.15) is 5.26 Å². The maximum absolute atomic E-state index is 16.5. The lowest BCUT2D eigenvalue weighted by Gasteiger charge is -2.20. The van der Waals surface area contributed by atoms with Crippen LogP contribution in [0.3, 0.4) is 0 Å². The smallest absolute Gasteiger partial charge is 0.134 e. The van der Waals surface area contributed by atoms with Gasteiger partial charge in [0.25, 0.3) is 0 Å². The SMILES string of the molecule is N#Cc1cc(-n2c3ccccc3c3ccc(-c4cccnc4-c4ccccc4)cc32)c(-c2c(F)cccc2F)cc1-n1c2ccccc2c2ccc(-c3cccnc3-c3ccccc3)cc21. The number of benzene rings is 8. The van der Waals surface area contributed by atoms with Gasteiger partial charge in [-0.3, -0.25) is 9.97 Å².